The Hall–Kier alpha value is -0.880. The van der Waals surface area contributed by atoms with Gasteiger partial charge in [-0.1, -0.05) is 40.2 Å². The number of hydrogen-bond donors (Lipinski definition) is 1. The van der Waals surface area contributed by atoms with Gasteiger partial charge in [0.1, 0.15) is 5.25 Å². The van der Waals surface area contributed by atoms with Gasteiger partial charge in [0, 0.05) is 18.1 Å². The molecule has 4 nitrogen and oxygen atoms in total. The summed E-state index contributed by atoms with van der Waals surface area (Å²) in [4.78, 5) is 11.6. The van der Waals surface area contributed by atoms with Gasteiger partial charge in [-0.3, -0.25) is 4.79 Å². The lowest BCUT2D eigenvalue weighted by molar-refractivity contribution is -0.120. The van der Waals surface area contributed by atoms with E-state index < -0.39 is 21.0 Å². The van der Waals surface area contributed by atoms with Crippen molar-refractivity contribution in [3.8, 4) is 0 Å². The van der Waals surface area contributed by atoms with Crippen LogP contribution in [0.5, 0.6) is 0 Å². The fourth-order valence-electron chi connectivity index (χ4n) is 1.35. The number of alkyl halides is 1. The standard InChI is InChI=1S/C12H16BrNO3S/c1-9(18(2,16)17)12(15)14-8-11-5-3-4-10(6-11)7-13/h3-6,9H,7-8H2,1-2H3,(H,14,15). The summed E-state index contributed by atoms with van der Waals surface area (Å²) in [7, 11) is -3.34. The minimum absolute atomic E-state index is 0.333. The highest BCUT2D eigenvalue weighted by Gasteiger charge is 2.22. The molecule has 100 valence electrons. The summed E-state index contributed by atoms with van der Waals surface area (Å²) in [6.45, 7) is 1.72. The highest BCUT2D eigenvalue weighted by atomic mass is 79.9. The predicted octanol–water partition coefficient (Wildman–Crippen LogP) is 1.63. The molecular formula is C12H16BrNO3S. The number of hydrogen-bond acceptors (Lipinski definition) is 3. The summed E-state index contributed by atoms with van der Waals surface area (Å²) < 4.78 is 22.4. The Bertz CT molecular complexity index is 528. The average molecular weight is 334 g/mol. The van der Waals surface area contributed by atoms with Crippen LogP contribution in [-0.2, 0) is 26.5 Å². The van der Waals surface area contributed by atoms with E-state index >= 15 is 0 Å². The van der Waals surface area contributed by atoms with E-state index in [1.165, 1.54) is 6.92 Å². The lowest BCUT2D eigenvalue weighted by Crippen LogP contribution is -2.37. The maximum Gasteiger partial charge on any atom is 0.238 e. The summed E-state index contributed by atoms with van der Waals surface area (Å²) in [6, 6.07) is 7.72. The molecule has 0 saturated heterocycles. The molecule has 0 aliphatic rings. The van der Waals surface area contributed by atoms with Crippen molar-refractivity contribution in [3.63, 3.8) is 0 Å². The van der Waals surface area contributed by atoms with E-state index in [1.807, 2.05) is 24.3 Å². The van der Waals surface area contributed by atoms with E-state index in [9.17, 15) is 13.2 Å². The number of sulfone groups is 1. The van der Waals surface area contributed by atoms with Gasteiger partial charge in [-0.2, -0.15) is 0 Å². The monoisotopic (exact) mass is 333 g/mol. The van der Waals surface area contributed by atoms with E-state index in [4.69, 9.17) is 0 Å². The van der Waals surface area contributed by atoms with Crippen LogP contribution in [0.3, 0.4) is 0 Å². The van der Waals surface area contributed by atoms with Gasteiger partial charge in [0.25, 0.3) is 0 Å². The van der Waals surface area contributed by atoms with Crippen molar-refractivity contribution in [2.24, 2.45) is 0 Å². The molecule has 0 aliphatic heterocycles. The highest BCUT2D eigenvalue weighted by Crippen LogP contribution is 2.09. The Morgan fingerprint density at radius 1 is 1.39 bits per heavy atom. The molecule has 0 radical (unpaired) electrons. The third-order valence-corrected chi connectivity index (χ3v) is 4.77. The lowest BCUT2D eigenvalue weighted by Gasteiger charge is -2.10. The van der Waals surface area contributed by atoms with Crippen LogP contribution in [0.15, 0.2) is 24.3 Å². The normalized spacial score (nSPS) is 13.1. The third kappa shape index (κ3) is 4.42. The van der Waals surface area contributed by atoms with E-state index in [1.54, 1.807) is 0 Å². The van der Waals surface area contributed by atoms with Crippen LogP contribution in [0.1, 0.15) is 18.1 Å². The van der Waals surface area contributed by atoms with Gasteiger partial charge in [0.05, 0.1) is 0 Å². The van der Waals surface area contributed by atoms with E-state index in [0.717, 1.165) is 22.7 Å². The zero-order valence-electron chi connectivity index (χ0n) is 10.3. The molecule has 0 saturated carbocycles. The third-order valence-electron chi connectivity index (χ3n) is 2.62. The van der Waals surface area contributed by atoms with Gasteiger partial charge in [0.2, 0.25) is 5.91 Å². The zero-order valence-corrected chi connectivity index (χ0v) is 12.7. The summed E-state index contributed by atoms with van der Waals surface area (Å²) >= 11 is 3.35. The van der Waals surface area contributed by atoms with Gasteiger partial charge >= 0.3 is 0 Å². The summed E-state index contributed by atoms with van der Waals surface area (Å²) in [5.41, 5.74) is 2.05. The first-order chi connectivity index (χ1) is 8.34. The van der Waals surface area contributed by atoms with Gasteiger partial charge in [0.15, 0.2) is 9.84 Å². The number of carbonyl (C=O) groups is 1. The number of rotatable bonds is 5. The van der Waals surface area contributed by atoms with Crippen molar-refractivity contribution in [1.82, 2.24) is 5.32 Å². The molecule has 1 aromatic carbocycles. The van der Waals surface area contributed by atoms with E-state index in [-0.39, 0.29) is 0 Å². The van der Waals surface area contributed by atoms with Crippen molar-refractivity contribution in [1.29, 1.82) is 0 Å². The molecule has 1 atom stereocenters. The van der Waals surface area contributed by atoms with Crippen LogP contribution in [0.2, 0.25) is 0 Å². The van der Waals surface area contributed by atoms with Crippen LogP contribution in [0.4, 0.5) is 0 Å². The number of benzene rings is 1. The molecule has 18 heavy (non-hydrogen) atoms. The molecule has 0 spiro atoms. The lowest BCUT2D eigenvalue weighted by atomic mass is 10.1. The molecule has 1 aromatic rings. The molecule has 1 unspecified atom stereocenters. The molecule has 0 aromatic heterocycles. The van der Waals surface area contributed by atoms with E-state index in [0.29, 0.717) is 6.54 Å². The van der Waals surface area contributed by atoms with E-state index in [2.05, 4.69) is 21.2 Å². The van der Waals surface area contributed by atoms with Gasteiger partial charge < -0.3 is 5.32 Å². The smallest absolute Gasteiger partial charge is 0.238 e. The molecule has 0 bridgehead atoms. The quantitative estimate of drug-likeness (QED) is 0.833. The average Bonchev–Trinajstić information content (AvgIpc) is 2.34. The Labute approximate surface area is 116 Å². The SMILES string of the molecule is CC(C(=O)NCc1cccc(CBr)c1)S(C)(=O)=O. The van der Waals surface area contributed by atoms with Crippen molar-refractivity contribution >= 4 is 31.7 Å². The van der Waals surface area contributed by atoms with Crippen molar-refractivity contribution in [2.45, 2.75) is 24.0 Å². The predicted molar refractivity (Wildman–Crippen MR) is 75.2 cm³/mol. The Morgan fingerprint density at radius 2 is 2.00 bits per heavy atom. The molecule has 0 heterocycles. The largest absolute Gasteiger partial charge is 0.351 e. The van der Waals surface area contributed by atoms with Crippen LogP contribution in [0, 0.1) is 0 Å². The molecule has 1 N–H and O–H groups in total. The summed E-state index contributed by atoms with van der Waals surface area (Å²) in [6.07, 6.45) is 1.06. The number of amides is 1. The summed E-state index contributed by atoms with van der Waals surface area (Å²) in [5, 5.41) is 2.35. The Kier molecular flexibility index (Phi) is 5.34. The minimum atomic E-state index is -3.34. The molecule has 0 fully saturated rings. The molecule has 0 aliphatic carbocycles. The Morgan fingerprint density at radius 3 is 2.56 bits per heavy atom. The second-order valence-electron chi connectivity index (χ2n) is 4.14. The van der Waals surface area contributed by atoms with Gasteiger partial charge in [-0.15, -0.1) is 0 Å². The first kappa shape index (κ1) is 15.2. The maximum absolute atomic E-state index is 11.6. The molecule has 6 heteroatoms. The van der Waals surface area contributed by atoms with Crippen molar-refractivity contribution in [3.05, 3.63) is 35.4 Å². The second-order valence-corrected chi connectivity index (χ2v) is 7.07. The van der Waals surface area contributed by atoms with Crippen LogP contribution in [0.25, 0.3) is 0 Å². The molecule has 1 rings (SSSR count). The van der Waals surface area contributed by atoms with Gasteiger partial charge in [-0.05, 0) is 18.1 Å². The molecule has 1 amide bonds. The Balaban J connectivity index is 2.63. The molecular weight excluding hydrogens is 318 g/mol. The fraction of sp³-hybridized carbons (Fsp3) is 0.417. The first-order valence-corrected chi connectivity index (χ1v) is 8.52. The number of nitrogens with one attached hydrogen (secondary N) is 1. The fourth-order valence-corrected chi connectivity index (χ4v) is 2.17. The van der Waals surface area contributed by atoms with Gasteiger partial charge in [-0.25, -0.2) is 8.42 Å². The zero-order chi connectivity index (χ0) is 13.8. The maximum atomic E-state index is 11.6. The van der Waals surface area contributed by atoms with Crippen LogP contribution >= 0.6 is 15.9 Å². The topological polar surface area (TPSA) is 63.2 Å². The number of carbonyl (C=O) groups excluding carboxylic acids is 1. The van der Waals surface area contributed by atoms with Crippen LogP contribution < -0.4 is 5.32 Å². The van der Waals surface area contributed by atoms with Crippen molar-refractivity contribution < 1.29 is 13.2 Å². The first-order valence-electron chi connectivity index (χ1n) is 5.45. The number of halogens is 1. The summed E-state index contributed by atoms with van der Waals surface area (Å²) in [5.74, 6) is -0.471. The van der Waals surface area contributed by atoms with Crippen molar-refractivity contribution in [2.75, 3.05) is 6.26 Å². The highest BCUT2D eigenvalue weighted by molar-refractivity contribution is 9.08. The minimum Gasteiger partial charge on any atom is -0.351 e. The van der Waals surface area contributed by atoms with Crippen LogP contribution in [-0.4, -0.2) is 25.8 Å². The second kappa shape index (κ2) is 6.33.